The van der Waals surface area contributed by atoms with Crippen molar-refractivity contribution in [3.63, 3.8) is 0 Å². The van der Waals surface area contributed by atoms with Gasteiger partial charge in [0.1, 0.15) is 12.4 Å². The van der Waals surface area contributed by atoms with Crippen LogP contribution in [-0.4, -0.2) is 79.5 Å². The van der Waals surface area contributed by atoms with Crippen molar-refractivity contribution < 1.29 is 23.0 Å². The lowest BCUT2D eigenvalue weighted by Crippen LogP contribution is -2.52. The van der Waals surface area contributed by atoms with E-state index >= 15 is 0 Å². The van der Waals surface area contributed by atoms with Crippen molar-refractivity contribution in [3.8, 4) is 5.75 Å². The van der Waals surface area contributed by atoms with Crippen molar-refractivity contribution in [2.45, 2.75) is 25.6 Å². The van der Waals surface area contributed by atoms with Crippen molar-refractivity contribution in [1.82, 2.24) is 14.9 Å². The predicted octanol–water partition coefficient (Wildman–Crippen LogP) is 1.65. The third kappa shape index (κ3) is 5.25. The fourth-order valence-corrected chi connectivity index (χ4v) is 4.27. The van der Waals surface area contributed by atoms with Gasteiger partial charge in [0.2, 0.25) is 5.91 Å². The number of nitrogens with zero attached hydrogens (tertiary/aromatic N) is 4. The van der Waals surface area contributed by atoms with Crippen LogP contribution in [0, 0.1) is 5.92 Å². The minimum atomic E-state index is -2.83. The lowest BCUT2D eigenvalue weighted by Gasteiger charge is -2.40. The Labute approximate surface area is 180 Å². The molecule has 4 rings (SSSR count). The van der Waals surface area contributed by atoms with E-state index in [2.05, 4.69) is 14.8 Å². The van der Waals surface area contributed by atoms with E-state index in [-0.39, 0.29) is 23.7 Å². The van der Waals surface area contributed by atoms with Crippen molar-refractivity contribution in [2.75, 3.05) is 50.9 Å². The largest absolute Gasteiger partial charge is 0.435 e. The smallest absolute Gasteiger partial charge is 0.387 e. The molecule has 0 saturated carbocycles. The van der Waals surface area contributed by atoms with Gasteiger partial charge in [-0.05, 0) is 37.1 Å². The molecule has 0 bridgehead atoms. The number of anilines is 1. The number of halogens is 2. The van der Waals surface area contributed by atoms with Crippen LogP contribution in [0.2, 0.25) is 0 Å². The van der Waals surface area contributed by atoms with Crippen molar-refractivity contribution in [3.05, 3.63) is 36.7 Å². The van der Waals surface area contributed by atoms with Gasteiger partial charge in [0.25, 0.3) is 0 Å². The minimum absolute atomic E-state index is 0.0397. The van der Waals surface area contributed by atoms with Gasteiger partial charge in [-0.2, -0.15) is 8.78 Å². The summed E-state index contributed by atoms with van der Waals surface area (Å²) in [5, 5.41) is 4.38. The highest BCUT2D eigenvalue weighted by Crippen LogP contribution is 2.27. The average molecular weight is 437 g/mol. The average Bonchev–Trinajstić information content (AvgIpc) is 3.29. The first-order chi connectivity index (χ1) is 15.0. The summed E-state index contributed by atoms with van der Waals surface area (Å²) in [4.78, 5) is 16.8. The number of morpholine rings is 1. The Morgan fingerprint density at radius 1 is 1.16 bits per heavy atom. The monoisotopic (exact) mass is 437 g/mol. The molecule has 0 aromatic heterocycles. The Hall–Kier alpha value is -2.43. The summed E-state index contributed by atoms with van der Waals surface area (Å²) in [5.41, 5.74) is 6.59. The normalized spacial score (nSPS) is 23.1. The van der Waals surface area contributed by atoms with Crippen LogP contribution in [0.1, 0.15) is 12.8 Å². The van der Waals surface area contributed by atoms with Crippen molar-refractivity contribution in [2.24, 2.45) is 11.7 Å². The summed E-state index contributed by atoms with van der Waals surface area (Å²) in [5.74, 6) is 0.396. The van der Waals surface area contributed by atoms with E-state index in [1.165, 1.54) is 12.1 Å². The van der Waals surface area contributed by atoms with Gasteiger partial charge in [-0.25, -0.2) is 5.01 Å². The number of ether oxygens (including phenoxy) is 2. The first kappa shape index (κ1) is 21.8. The van der Waals surface area contributed by atoms with E-state index in [0.29, 0.717) is 32.9 Å². The van der Waals surface area contributed by atoms with Gasteiger partial charge in [0.05, 0.1) is 12.7 Å². The Bertz CT molecular complexity index is 771. The summed E-state index contributed by atoms with van der Waals surface area (Å²) in [6.07, 6.45) is 5.52. The number of piperidine rings is 1. The molecule has 1 unspecified atom stereocenters. The molecule has 1 atom stereocenters. The second-order valence-electron chi connectivity index (χ2n) is 7.96. The number of hydrogen-bond acceptors (Lipinski definition) is 7. The Balaban J connectivity index is 1.25. The fourth-order valence-electron chi connectivity index (χ4n) is 4.27. The molecule has 3 heterocycles. The molecule has 8 nitrogen and oxygen atoms in total. The highest BCUT2D eigenvalue weighted by atomic mass is 19.3. The molecular formula is C21H29F2N5O3. The molecule has 2 N–H and O–H groups in total. The van der Waals surface area contributed by atoms with Gasteiger partial charge in [-0.3, -0.25) is 9.80 Å². The third-order valence-electron chi connectivity index (χ3n) is 6.01. The van der Waals surface area contributed by atoms with E-state index in [1.807, 2.05) is 22.2 Å². The number of amides is 1. The zero-order valence-electron chi connectivity index (χ0n) is 17.4. The van der Waals surface area contributed by atoms with Gasteiger partial charge in [-0.15, -0.1) is 0 Å². The zero-order valence-corrected chi connectivity index (χ0v) is 17.4. The number of hydrazine groups is 1. The third-order valence-corrected chi connectivity index (χ3v) is 6.01. The fraction of sp³-hybridized carbons (Fsp3) is 0.571. The molecule has 170 valence electrons. The van der Waals surface area contributed by atoms with Gasteiger partial charge in [0.15, 0.2) is 0 Å². The van der Waals surface area contributed by atoms with Gasteiger partial charge in [0, 0.05) is 56.7 Å². The molecule has 1 aromatic carbocycles. The van der Waals surface area contributed by atoms with Crippen LogP contribution in [0.25, 0.3) is 0 Å². The quantitative estimate of drug-likeness (QED) is 0.726. The molecule has 31 heavy (non-hydrogen) atoms. The lowest BCUT2D eigenvalue weighted by molar-refractivity contribution is -0.145. The Morgan fingerprint density at radius 2 is 1.90 bits per heavy atom. The Kier molecular flexibility index (Phi) is 6.89. The van der Waals surface area contributed by atoms with Crippen LogP contribution in [0.4, 0.5) is 14.5 Å². The van der Waals surface area contributed by atoms with Crippen LogP contribution in [0.3, 0.4) is 0 Å². The maximum Gasteiger partial charge on any atom is 0.387 e. The van der Waals surface area contributed by atoms with E-state index in [9.17, 15) is 13.6 Å². The maximum absolute atomic E-state index is 12.9. The van der Waals surface area contributed by atoms with E-state index < -0.39 is 6.61 Å². The SMILES string of the molecule is NCC1CN(C(=O)C2CCN(N3C=CN(c4ccc(OC(F)F)cc4)C3)CC2)CCO1. The first-order valence-corrected chi connectivity index (χ1v) is 10.7. The highest BCUT2D eigenvalue weighted by Gasteiger charge is 2.33. The predicted molar refractivity (Wildman–Crippen MR) is 111 cm³/mol. The molecule has 2 fully saturated rings. The van der Waals surface area contributed by atoms with Crippen LogP contribution in [0.15, 0.2) is 36.7 Å². The summed E-state index contributed by atoms with van der Waals surface area (Å²) in [7, 11) is 0. The summed E-state index contributed by atoms with van der Waals surface area (Å²) >= 11 is 0. The van der Waals surface area contributed by atoms with Crippen molar-refractivity contribution in [1.29, 1.82) is 0 Å². The second kappa shape index (κ2) is 9.80. The Morgan fingerprint density at radius 3 is 2.58 bits per heavy atom. The number of alkyl halides is 2. The van der Waals surface area contributed by atoms with E-state index in [1.54, 1.807) is 12.1 Å². The molecule has 3 aliphatic rings. The zero-order chi connectivity index (χ0) is 21.8. The highest BCUT2D eigenvalue weighted by molar-refractivity contribution is 5.79. The molecule has 2 saturated heterocycles. The van der Waals surface area contributed by atoms with Gasteiger partial charge >= 0.3 is 6.61 Å². The minimum Gasteiger partial charge on any atom is -0.435 e. The summed E-state index contributed by atoms with van der Waals surface area (Å²) in [6.45, 7) is 1.63. The van der Waals surface area contributed by atoms with Crippen LogP contribution in [0.5, 0.6) is 5.75 Å². The van der Waals surface area contributed by atoms with Gasteiger partial charge < -0.3 is 25.0 Å². The first-order valence-electron chi connectivity index (χ1n) is 10.7. The second-order valence-corrected chi connectivity index (χ2v) is 7.96. The maximum atomic E-state index is 12.9. The molecule has 10 heteroatoms. The number of carbonyl (C=O) groups excluding carboxylic acids is 1. The number of nitrogens with two attached hydrogens (primary N) is 1. The van der Waals surface area contributed by atoms with E-state index in [0.717, 1.165) is 31.6 Å². The number of carbonyl (C=O) groups is 1. The van der Waals surface area contributed by atoms with Crippen molar-refractivity contribution >= 4 is 11.6 Å². The number of benzene rings is 1. The molecule has 1 amide bonds. The molecule has 1 aromatic rings. The standard InChI is InChI=1S/C21H29F2N5O3/c22-21(23)31-18-3-1-17(2-4-18)26-9-10-28(15-26)27-7-5-16(6-8-27)20(29)25-11-12-30-19(13-24)14-25/h1-4,9-10,16,19,21H,5-8,11-15,24H2. The number of rotatable bonds is 6. The molecule has 0 aliphatic carbocycles. The van der Waals surface area contributed by atoms with Gasteiger partial charge in [-0.1, -0.05) is 0 Å². The lowest BCUT2D eigenvalue weighted by atomic mass is 9.95. The summed E-state index contributed by atoms with van der Waals surface area (Å²) in [6, 6.07) is 6.59. The van der Waals surface area contributed by atoms with Crippen LogP contribution < -0.4 is 15.4 Å². The van der Waals surface area contributed by atoms with E-state index in [4.69, 9.17) is 10.5 Å². The molecule has 0 radical (unpaired) electrons. The molecule has 0 spiro atoms. The molecular weight excluding hydrogens is 408 g/mol. The number of hydrogen-bond donors (Lipinski definition) is 1. The van der Waals surface area contributed by atoms with Crippen LogP contribution >= 0.6 is 0 Å². The molecule has 3 aliphatic heterocycles. The summed E-state index contributed by atoms with van der Waals surface area (Å²) < 4.78 is 34.6. The van der Waals surface area contributed by atoms with Crippen LogP contribution in [-0.2, 0) is 9.53 Å². The topological polar surface area (TPSA) is 74.5 Å².